The first-order valence-corrected chi connectivity index (χ1v) is 22.7. The Bertz CT molecular complexity index is 2560. The predicted octanol–water partition coefficient (Wildman–Crippen LogP) is 4.85. The summed E-state index contributed by atoms with van der Waals surface area (Å²) in [4.78, 5) is 85.2. The molecule has 1 atom stereocenters. The van der Waals surface area contributed by atoms with Crippen LogP contribution in [0.4, 0.5) is 22.9 Å². The lowest BCUT2D eigenvalue weighted by atomic mass is 9.86. The Morgan fingerprint density at radius 3 is 2.27 bits per heavy atom. The average Bonchev–Trinajstić information content (AvgIpc) is 3.83. The highest BCUT2D eigenvalue weighted by Gasteiger charge is 2.45. The van der Waals surface area contributed by atoms with Gasteiger partial charge in [-0.15, -0.1) is 0 Å². The Hall–Kier alpha value is -6.68. The van der Waals surface area contributed by atoms with Gasteiger partial charge < -0.3 is 25.0 Å². The monoisotopic (exact) mass is 863 g/mol. The number of nitrogens with one attached hydrogen (secondary N) is 3. The van der Waals surface area contributed by atoms with E-state index in [1.165, 1.54) is 18.5 Å². The number of imide groups is 2. The van der Waals surface area contributed by atoms with E-state index in [2.05, 4.69) is 74.4 Å². The van der Waals surface area contributed by atoms with Gasteiger partial charge >= 0.3 is 0 Å². The van der Waals surface area contributed by atoms with Crippen molar-refractivity contribution >= 4 is 63.6 Å². The van der Waals surface area contributed by atoms with Gasteiger partial charge in [0.25, 0.3) is 11.8 Å². The Morgan fingerprint density at radius 2 is 1.50 bits per heavy atom. The molecule has 3 aromatic carbocycles. The van der Waals surface area contributed by atoms with Crippen LogP contribution in [0.5, 0.6) is 0 Å². The van der Waals surface area contributed by atoms with Crippen LogP contribution in [0.1, 0.15) is 83.7 Å². The van der Waals surface area contributed by atoms with Gasteiger partial charge in [-0.1, -0.05) is 30.3 Å². The largest absolute Gasteiger partial charge is 0.371 e. The van der Waals surface area contributed by atoms with Crippen molar-refractivity contribution in [2.75, 3.05) is 60.9 Å². The molecular formula is C48H53N11O5. The van der Waals surface area contributed by atoms with E-state index in [1.54, 1.807) is 18.5 Å². The number of nitrogens with zero attached hydrogens (tertiary/aromatic N) is 8. The molecule has 4 fully saturated rings. The van der Waals surface area contributed by atoms with Crippen LogP contribution in [0.3, 0.4) is 0 Å². The second-order valence-corrected chi connectivity index (χ2v) is 17.8. The van der Waals surface area contributed by atoms with Crippen LogP contribution < -0.4 is 25.8 Å². The lowest BCUT2D eigenvalue weighted by Crippen LogP contribution is -2.54. The van der Waals surface area contributed by atoms with Gasteiger partial charge in [0, 0.05) is 74.8 Å². The van der Waals surface area contributed by atoms with Gasteiger partial charge in [0.05, 0.1) is 23.9 Å². The van der Waals surface area contributed by atoms with Crippen molar-refractivity contribution in [3.8, 4) is 0 Å². The van der Waals surface area contributed by atoms with Crippen LogP contribution in [0.2, 0.25) is 0 Å². The van der Waals surface area contributed by atoms with Gasteiger partial charge in [-0.05, 0) is 105 Å². The minimum Gasteiger partial charge on any atom is -0.371 e. The predicted molar refractivity (Wildman–Crippen MR) is 241 cm³/mol. The molecule has 6 heterocycles. The number of imidazole rings is 1. The first-order valence-electron chi connectivity index (χ1n) is 22.7. The number of carbonyl (C=O) groups is 5. The molecule has 3 saturated heterocycles. The fraction of sp³-hybridized carbons (Fsp3) is 0.417. The summed E-state index contributed by atoms with van der Waals surface area (Å²) in [5, 5.41) is 8.88. The van der Waals surface area contributed by atoms with Gasteiger partial charge in [0.1, 0.15) is 12.4 Å². The third-order valence-electron chi connectivity index (χ3n) is 13.8. The molecule has 5 aliphatic rings. The molecule has 0 bridgehead atoms. The molecule has 1 aliphatic carbocycles. The van der Waals surface area contributed by atoms with Crippen molar-refractivity contribution in [1.82, 2.24) is 40.0 Å². The van der Waals surface area contributed by atoms with E-state index in [9.17, 15) is 24.0 Å². The number of fused-ring (bicyclic) bond motifs is 2. The van der Waals surface area contributed by atoms with Crippen LogP contribution in [-0.2, 0) is 20.8 Å². The summed E-state index contributed by atoms with van der Waals surface area (Å²) in [6, 6.07) is 23.1. The smallest absolute Gasteiger partial charge is 0.262 e. The second-order valence-electron chi connectivity index (χ2n) is 17.8. The lowest BCUT2D eigenvalue weighted by molar-refractivity contribution is -0.136. The van der Waals surface area contributed by atoms with Crippen molar-refractivity contribution in [2.24, 2.45) is 5.92 Å². The third-order valence-corrected chi connectivity index (χ3v) is 13.8. The first-order chi connectivity index (χ1) is 31.2. The minimum absolute atomic E-state index is 0.0482. The van der Waals surface area contributed by atoms with Gasteiger partial charge in [-0.25, -0.2) is 15.0 Å². The highest BCUT2D eigenvalue weighted by Crippen LogP contribution is 2.36. The summed E-state index contributed by atoms with van der Waals surface area (Å²) in [7, 11) is 0. The molecule has 5 amide bonds. The molecule has 5 aromatic rings. The second kappa shape index (κ2) is 17.8. The Labute approximate surface area is 371 Å². The fourth-order valence-electron chi connectivity index (χ4n) is 10.1. The molecule has 10 rings (SSSR count). The van der Waals surface area contributed by atoms with Crippen molar-refractivity contribution in [3.63, 3.8) is 0 Å². The molecule has 2 aromatic heterocycles. The standard InChI is InChI=1S/C48H53N11O5/c60-41-15-14-40(46(62)54-41)59-47(63)38-13-12-36(28-39(38)48(59)64)56-19-16-31(17-20-56)7-4-18-55-21-23-57(24-22-55)35-10-8-33(9-11-35)53-44-43-45(50-29-49-44)58(30-51-43)37-26-34(27-37)52-42(61)25-32-5-2-1-3-6-32/h1-3,5-6,8-13,28-31,34,37,40H,4,7,14-27H2,(H,52,61)(H,49,50,53)(H,54,60,62). The van der Waals surface area contributed by atoms with Gasteiger partial charge in [-0.3, -0.25) is 39.1 Å². The number of anilines is 4. The number of benzene rings is 3. The fourth-order valence-corrected chi connectivity index (χ4v) is 10.1. The highest BCUT2D eigenvalue weighted by atomic mass is 16.2. The van der Waals surface area contributed by atoms with Crippen LogP contribution in [0, 0.1) is 5.92 Å². The molecule has 64 heavy (non-hydrogen) atoms. The Morgan fingerprint density at radius 1 is 0.766 bits per heavy atom. The molecule has 1 saturated carbocycles. The van der Waals surface area contributed by atoms with Crippen LogP contribution >= 0.6 is 0 Å². The molecule has 16 heteroatoms. The van der Waals surface area contributed by atoms with Crippen molar-refractivity contribution in [1.29, 1.82) is 0 Å². The number of amides is 5. The molecule has 0 spiro atoms. The van der Waals surface area contributed by atoms with E-state index in [0.29, 0.717) is 29.3 Å². The Kier molecular flexibility index (Phi) is 11.5. The van der Waals surface area contributed by atoms with Gasteiger partial charge in [-0.2, -0.15) is 0 Å². The summed E-state index contributed by atoms with van der Waals surface area (Å²) in [5.41, 5.74) is 6.22. The summed E-state index contributed by atoms with van der Waals surface area (Å²) in [5.74, 6) is -0.548. The summed E-state index contributed by atoms with van der Waals surface area (Å²) in [6.07, 6.45) is 10.2. The van der Waals surface area contributed by atoms with Gasteiger partial charge in [0.15, 0.2) is 17.0 Å². The molecule has 330 valence electrons. The highest BCUT2D eigenvalue weighted by molar-refractivity contribution is 6.23. The number of hydrogen-bond acceptors (Lipinski definition) is 12. The van der Waals surface area contributed by atoms with E-state index in [4.69, 9.17) is 0 Å². The van der Waals surface area contributed by atoms with Crippen LogP contribution in [0.25, 0.3) is 11.2 Å². The maximum Gasteiger partial charge on any atom is 0.262 e. The first kappa shape index (κ1) is 41.3. The average molecular weight is 864 g/mol. The van der Waals surface area contributed by atoms with Crippen LogP contribution in [0.15, 0.2) is 85.5 Å². The van der Waals surface area contributed by atoms with Gasteiger partial charge in [0.2, 0.25) is 17.7 Å². The van der Waals surface area contributed by atoms with Crippen molar-refractivity contribution < 1.29 is 24.0 Å². The van der Waals surface area contributed by atoms with Crippen molar-refractivity contribution in [3.05, 3.63) is 102 Å². The van der Waals surface area contributed by atoms with E-state index < -0.39 is 23.8 Å². The van der Waals surface area contributed by atoms with Crippen LogP contribution in [-0.4, -0.2) is 117 Å². The normalized spacial score (nSPS) is 21.8. The topological polar surface area (TPSA) is 178 Å². The molecule has 4 aliphatic heterocycles. The molecule has 0 radical (unpaired) electrons. The SMILES string of the molecule is O=C1CCC(N2C(=O)c3ccc(N4CCC(CCCN5CCN(c6ccc(Nc7ncnc8c7ncn8C7CC(NC(=O)Cc8ccccc8)C7)cc6)CC5)CC4)cc3C2=O)C(=O)N1. The third kappa shape index (κ3) is 8.53. The summed E-state index contributed by atoms with van der Waals surface area (Å²) >= 11 is 0. The maximum absolute atomic E-state index is 13.3. The summed E-state index contributed by atoms with van der Waals surface area (Å²) < 4.78 is 2.10. The maximum atomic E-state index is 13.3. The number of aromatic nitrogens is 4. The Balaban J connectivity index is 0.643. The lowest BCUT2D eigenvalue weighted by Gasteiger charge is -2.37. The number of piperidine rings is 2. The molecule has 3 N–H and O–H groups in total. The van der Waals surface area contributed by atoms with E-state index in [1.807, 2.05) is 42.7 Å². The van der Waals surface area contributed by atoms with E-state index in [-0.39, 0.29) is 36.7 Å². The zero-order valence-corrected chi connectivity index (χ0v) is 35.8. The number of piperazine rings is 1. The molecule has 16 nitrogen and oxygen atoms in total. The van der Waals surface area contributed by atoms with Crippen molar-refractivity contribution in [2.45, 2.75) is 75.9 Å². The number of carbonyl (C=O) groups excluding carboxylic acids is 5. The molecular weight excluding hydrogens is 811 g/mol. The van der Waals surface area contributed by atoms with E-state index >= 15 is 0 Å². The zero-order chi connectivity index (χ0) is 43.7. The quantitative estimate of drug-likeness (QED) is 0.137. The number of hydrogen-bond donors (Lipinski definition) is 3. The van der Waals surface area contributed by atoms with E-state index in [0.717, 1.165) is 104 Å². The number of rotatable bonds is 13. The summed E-state index contributed by atoms with van der Waals surface area (Å²) in [6.45, 7) is 6.90. The zero-order valence-electron chi connectivity index (χ0n) is 35.8. The minimum atomic E-state index is -0.959. The molecule has 1 unspecified atom stereocenters.